The van der Waals surface area contributed by atoms with Gasteiger partial charge in [-0.1, -0.05) is 32.0 Å². The van der Waals surface area contributed by atoms with Gasteiger partial charge in [0.2, 0.25) is 5.95 Å². The van der Waals surface area contributed by atoms with Gasteiger partial charge in [0.15, 0.2) is 0 Å². The van der Waals surface area contributed by atoms with Crippen LogP contribution in [0, 0.1) is 0 Å². The van der Waals surface area contributed by atoms with Crippen molar-refractivity contribution in [3.8, 4) is 11.3 Å². The zero-order valence-electron chi connectivity index (χ0n) is 22.2. The minimum atomic E-state index is -2.90. The molecule has 2 aliphatic heterocycles. The molecule has 0 unspecified atom stereocenters. The van der Waals surface area contributed by atoms with Crippen LogP contribution in [0.25, 0.3) is 22.2 Å². The Balaban J connectivity index is 1.50. The third-order valence-electron chi connectivity index (χ3n) is 8.27. The molecule has 3 aliphatic rings. The van der Waals surface area contributed by atoms with E-state index in [2.05, 4.69) is 33.9 Å². The fraction of sp³-hybridized carbons (Fsp3) is 0.536. The predicted octanol–water partition coefficient (Wildman–Crippen LogP) is 4.30. The average molecular weight is 544 g/mol. The van der Waals surface area contributed by atoms with Gasteiger partial charge in [0, 0.05) is 69.9 Å². The number of rotatable bonds is 7. The monoisotopic (exact) mass is 543 g/mol. The third kappa shape index (κ3) is 4.69. The highest BCUT2D eigenvalue weighted by Crippen LogP contribution is 2.43. The number of nitrogens with zero attached hydrogens (tertiary/aromatic N) is 6. The normalized spacial score (nSPS) is 19.3. The van der Waals surface area contributed by atoms with Gasteiger partial charge in [-0.2, -0.15) is 4.98 Å². The molecule has 2 aromatic heterocycles. The Kier molecular flexibility index (Phi) is 6.83. The Morgan fingerprint density at radius 3 is 2.49 bits per heavy atom. The zero-order chi connectivity index (χ0) is 27.3. The molecule has 39 heavy (non-hydrogen) atoms. The number of aromatic nitrogens is 3. The quantitative estimate of drug-likeness (QED) is 0.446. The van der Waals surface area contributed by atoms with Crippen LogP contribution in [0.1, 0.15) is 37.0 Å². The van der Waals surface area contributed by atoms with E-state index >= 15 is 0 Å². The molecular weight excluding hydrogens is 510 g/mol. The van der Waals surface area contributed by atoms with Crippen LogP contribution in [0.5, 0.6) is 0 Å². The molecule has 0 spiro atoms. The summed E-state index contributed by atoms with van der Waals surface area (Å²) in [7, 11) is 0. The molecule has 1 N–H and O–H groups in total. The largest absolute Gasteiger partial charge is 0.353 e. The van der Waals surface area contributed by atoms with Crippen molar-refractivity contribution in [3.63, 3.8) is 0 Å². The molecule has 1 aliphatic carbocycles. The second-order valence-corrected chi connectivity index (χ2v) is 10.6. The molecule has 0 atom stereocenters. The van der Waals surface area contributed by atoms with Gasteiger partial charge in [-0.25, -0.2) is 22.5 Å². The number of hydrogen-bond donors (Lipinski definition) is 1. The van der Waals surface area contributed by atoms with Crippen LogP contribution in [-0.2, 0) is 12.8 Å². The van der Waals surface area contributed by atoms with Crippen molar-refractivity contribution < 1.29 is 17.6 Å². The van der Waals surface area contributed by atoms with Crippen LogP contribution in [0.3, 0.4) is 0 Å². The molecular formula is C28H33F4N7. The van der Waals surface area contributed by atoms with E-state index in [1.54, 1.807) is 24.4 Å². The molecule has 2 fully saturated rings. The minimum Gasteiger partial charge on any atom is -0.353 e. The van der Waals surface area contributed by atoms with E-state index < -0.39 is 25.2 Å². The fourth-order valence-corrected chi connectivity index (χ4v) is 6.18. The molecule has 0 saturated carbocycles. The van der Waals surface area contributed by atoms with Crippen molar-refractivity contribution in [1.82, 2.24) is 25.2 Å². The number of pyridine rings is 1. The average Bonchev–Trinajstić information content (AvgIpc) is 3.23. The molecule has 0 radical (unpaired) electrons. The summed E-state index contributed by atoms with van der Waals surface area (Å²) in [5, 5.41) is 3.77. The fourth-order valence-electron chi connectivity index (χ4n) is 6.18. The molecule has 7 nitrogen and oxygen atoms in total. The van der Waals surface area contributed by atoms with Crippen molar-refractivity contribution in [2.45, 2.75) is 45.1 Å². The van der Waals surface area contributed by atoms with Crippen LogP contribution in [0.2, 0.25) is 0 Å². The summed E-state index contributed by atoms with van der Waals surface area (Å²) in [4.78, 5) is 20.6. The predicted molar refractivity (Wildman–Crippen MR) is 144 cm³/mol. The Morgan fingerprint density at radius 1 is 1.05 bits per heavy atom. The van der Waals surface area contributed by atoms with Gasteiger partial charge in [0.25, 0.3) is 12.3 Å². The Labute approximate surface area is 225 Å². The number of hydrogen-bond acceptors (Lipinski definition) is 7. The molecule has 0 amide bonds. The van der Waals surface area contributed by atoms with E-state index in [0.717, 1.165) is 39.3 Å². The minimum absolute atomic E-state index is 0.0209. The molecule has 2 saturated heterocycles. The Hall–Kier alpha value is -3.05. The van der Waals surface area contributed by atoms with E-state index in [4.69, 9.17) is 9.97 Å². The first-order chi connectivity index (χ1) is 18.8. The van der Waals surface area contributed by atoms with Crippen LogP contribution in [0.4, 0.5) is 29.3 Å². The molecule has 6 rings (SSSR count). The van der Waals surface area contributed by atoms with Gasteiger partial charge in [-0.3, -0.25) is 9.88 Å². The molecule has 11 heteroatoms. The molecule has 3 aromatic rings. The summed E-state index contributed by atoms with van der Waals surface area (Å²) >= 11 is 0. The van der Waals surface area contributed by atoms with Crippen LogP contribution < -0.4 is 15.1 Å². The molecule has 0 bridgehead atoms. The second kappa shape index (κ2) is 10.2. The van der Waals surface area contributed by atoms with Gasteiger partial charge < -0.3 is 15.1 Å². The maximum Gasteiger partial charge on any atom is 0.268 e. The van der Waals surface area contributed by atoms with Gasteiger partial charge in [0.05, 0.1) is 22.2 Å². The summed E-state index contributed by atoms with van der Waals surface area (Å²) in [6.45, 7) is 10.4. The van der Waals surface area contributed by atoms with E-state index in [-0.39, 0.29) is 16.8 Å². The maximum absolute atomic E-state index is 14.9. The number of piperazine rings is 1. The summed E-state index contributed by atoms with van der Waals surface area (Å²) < 4.78 is 58.5. The summed E-state index contributed by atoms with van der Waals surface area (Å²) in [6.07, 6.45) is -2.23. The number of fused-ring (bicyclic) bond motifs is 2. The van der Waals surface area contributed by atoms with E-state index in [0.29, 0.717) is 53.0 Å². The van der Waals surface area contributed by atoms with Crippen molar-refractivity contribution in [2.24, 2.45) is 0 Å². The summed E-state index contributed by atoms with van der Waals surface area (Å²) in [5.74, 6) is -1.89. The topological polar surface area (TPSA) is 60.4 Å². The second-order valence-electron chi connectivity index (χ2n) is 10.6. The van der Waals surface area contributed by atoms with Crippen molar-refractivity contribution in [2.75, 3.05) is 62.2 Å². The third-order valence-corrected chi connectivity index (χ3v) is 8.27. The van der Waals surface area contributed by atoms with Crippen LogP contribution >= 0.6 is 0 Å². The standard InChI is InChI=1S/C28H33F4N7/c1-3-37(4-2)18-15-39(16-18)27-35-24-21(26(36-27)38-10-8-33-9-11-38)14-34-23(22(24)25(29)30)19-7-5-6-17-12-28(31,32)13-20(17)19/h5-7,14,18,25,33H,3-4,8-13,15-16H2,1-2H3. The van der Waals surface area contributed by atoms with Gasteiger partial charge in [0.1, 0.15) is 5.82 Å². The first-order valence-corrected chi connectivity index (χ1v) is 13.7. The van der Waals surface area contributed by atoms with Crippen LogP contribution in [0.15, 0.2) is 24.4 Å². The van der Waals surface area contributed by atoms with Crippen molar-refractivity contribution >= 4 is 22.7 Å². The smallest absolute Gasteiger partial charge is 0.268 e. The number of anilines is 2. The maximum atomic E-state index is 14.9. The van der Waals surface area contributed by atoms with Crippen molar-refractivity contribution in [3.05, 3.63) is 41.1 Å². The van der Waals surface area contributed by atoms with E-state index in [1.165, 1.54) is 0 Å². The molecule has 4 heterocycles. The lowest BCUT2D eigenvalue weighted by atomic mass is 9.96. The Morgan fingerprint density at radius 2 is 1.79 bits per heavy atom. The van der Waals surface area contributed by atoms with Crippen molar-refractivity contribution in [1.29, 1.82) is 0 Å². The van der Waals surface area contributed by atoms with Gasteiger partial charge in [-0.05, 0) is 24.2 Å². The first kappa shape index (κ1) is 26.2. The molecule has 208 valence electrons. The van der Waals surface area contributed by atoms with Gasteiger partial charge in [-0.15, -0.1) is 0 Å². The highest BCUT2D eigenvalue weighted by molar-refractivity contribution is 5.95. The zero-order valence-corrected chi connectivity index (χ0v) is 22.2. The Bertz CT molecular complexity index is 1370. The lowest BCUT2D eigenvalue weighted by Crippen LogP contribution is -2.60. The lowest BCUT2D eigenvalue weighted by Gasteiger charge is -2.45. The number of nitrogens with one attached hydrogen (secondary N) is 1. The number of likely N-dealkylation sites (N-methyl/N-ethyl adjacent to an activating group) is 1. The number of halogens is 4. The number of benzene rings is 1. The summed E-state index contributed by atoms with van der Waals surface area (Å²) in [5.41, 5.74) is 1.04. The molecule has 1 aromatic carbocycles. The SMILES string of the molecule is CCN(CC)C1CN(c2nc(N3CCNCC3)c3cnc(-c4cccc5c4CC(F)(F)C5)c(C(F)F)c3n2)C1. The summed E-state index contributed by atoms with van der Waals surface area (Å²) in [6, 6.07) is 5.26. The van der Waals surface area contributed by atoms with E-state index in [9.17, 15) is 17.6 Å². The first-order valence-electron chi connectivity index (χ1n) is 13.7. The van der Waals surface area contributed by atoms with Crippen LogP contribution in [-0.4, -0.2) is 84.2 Å². The lowest BCUT2D eigenvalue weighted by molar-refractivity contribution is 0.0131. The highest BCUT2D eigenvalue weighted by atomic mass is 19.3. The van der Waals surface area contributed by atoms with E-state index in [1.807, 2.05) is 4.90 Å². The number of alkyl halides is 4. The highest BCUT2D eigenvalue weighted by Gasteiger charge is 2.40. The van der Waals surface area contributed by atoms with Gasteiger partial charge >= 0.3 is 0 Å².